The summed E-state index contributed by atoms with van der Waals surface area (Å²) in [5.74, 6) is 0.766. The predicted octanol–water partition coefficient (Wildman–Crippen LogP) is 1.39. The van der Waals surface area contributed by atoms with Crippen LogP contribution in [0.2, 0.25) is 0 Å². The zero-order valence-electron chi connectivity index (χ0n) is 9.36. The molecule has 0 saturated carbocycles. The van der Waals surface area contributed by atoms with Crippen molar-refractivity contribution >= 4 is 5.97 Å². The van der Waals surface area contributed by atoms with Crippen molar-refractivity contribution in [3.05, 3.63) is 23.8 Å². The van der Waals surface area contributed by atoms with E-state index >= 15 is 0 Å². The average Bonchev–Trinajstić information content (AvgIpc) is 2.17. The molecule has 0 aliphatic heterocycles. The van der Waals surface area contributed by atoms with Gasteiger partial charge < -0.3 is 4.74 Å². The lowest BCUT2D eigenvalue weighted by molar-refractivity contribution is -0.139. The van der Waals surface area contributed by atoms with Gasteiger partial charge in [0.25, 0.3) is 0 Å². The maximum absolute atomic E-state index is 11.0. The van der Waals surface area contributed by atoms with Gasteiger partial charge in [0.1, 0.15) is 12.2 Å². The summed E-state index contributed by atoms with van der Waals surface area (Å²) in [5.41, 5.74) is 0.971. The van der Waals surface area contributed by atoms with Crippen LogP contribution in [0.5, 0.6) is 0 Å². The number of esters is 1. The zero-order valence-corrected chi connectivity index (χ0v) is 9.36. The Balaban J connectivity index is 2.69. The second-order valence-electron chi connectivity index (χ2n) is 3.82. The Bertz CT molecular complexity index is 337. The molecule has 0 bridgehead atoms. The quantitative estimate of drug-likeness (QED) is 0.702. The topological polar surface area (TPSA) is 52.1 Å². The van der Waals surface area contributed by atoms with E-state index in [4.69, 9.17) is 0 Å². The van der Waals surface area contributed by atoms with Gasteiger partial charge in [-0.1, -0.05) is 13.8 Å². The fourth-order valence-corrected chi connectivity index (χ4v) is 1.26. The normalized spacial score (nSPS) is 10.4. The minimum absolute atomic E-state index is 0.141. The summed E-state index contributed by atoms with van der Waals surface area (Å²) in [6, 6.07) is 1.88. The molecule has 1 rings (SSSR count). The van der Waals surface area contributed by atoms with E-state index in [0.717, 1.165) is 12.1 Å². The van der Waals surface area contributed by atoms with Crippen molar-refractivity contribution in [3.8, 4) is 0 Å². The van der Waals surface area contributed by atoms with E-state index in [1.165, 1.54) is 7.11 Å². The highest BCUT2D eigenvalue weighted by Gasteiger charge is 2.07. The molecule has 15 heavy (non-hydrogen) atoms. The lowest BCUT2D eigenvalue weighted by Gasteiger charge is -2.05. The summed E-state index contributed by atoms with van der Waals surface area (Å²) < 4.78 is 4.56. The fraction of sp³-hybridized carbons (Fsp3) is 0.545. The number of methoxy groups -OCH3 is 1. The van der Waals surface area contributed by atoms with Crippen molar-refractivity contribution in [2.45, 2.75) is 26.7 Å². The first-order valence-electron chi connectivity index (χ1n) is 4.99. The first-order valence-corrected chi connectivity index (χ1v) is 4.99. The number of rotatable bonds is 4. The van der Waals surface area contributed by atoms with Crippen molar-refractivity contribution in [3.63, 3.8) is 0 Å². The number of hydrogen-bond acceptors (Lipinski definition) is 4. The minimum Gasteiger partial charge on any atom is -0.469 e. The maximum Gasteiger partial charge on any atom is 0.313 e. The first kappa shape index (κ1) is 11.6. The number of ether oxygens (including phenoxy) is 1. The number of carbonyl (C=O) groups excluding carboxylic acids is 1. The van der Waals surface area contributed by atoms with E-state index in [1.807, 2.05) is 6.07 Å². The van der Waals surface area contributed by atoms with Crippen LogP contribution in [0.25, 0.3) is 0 Å². The molecule has 0 aliphatic carbocycles. The molecule has 0 aromatic carbocycles. The lowest BCUT2D eigenvalue weighted by Crippen LogP contribution is -2.09. The van der Waals surface area contributed by atoms with Crippen LogP contribution in [0.15, 0.2) is 12.3 Å². The molecule has 82 valence electrons. The van der Waals surface area contributed by atoms with Crippen LogP contribution >= 0.6 is 0 Å². The highest BCUT2D eigenvalue weighted by molar-refractivity contribution is 5.71. The van der Waals surface area contributed by atoms with Crippen LogP contribution in [-0.2, 0) is 22.4 Å². The van der Waals surface area contributed by atoms with Crippen LogP contribution in [0.4, 0.5) is 0 Å². The SMILES string of the molecule is COC(=O)Cc1nccc(CC(C)C)n1. The Kier molecular flexibility index (Phi) is 4.21. The van der Waals surface area contributed by atoms with Crippen molar-refractivity contribution in [1.82, 2.24) is 9.97 Å². The third kappa shape index (κ3) is 4.06. The van der Waals surface area contributed by atoms with Gasteiger partial charge in [-0.25, -0.2) is 9.97 Å². The molecule has 0 fully saturated rings. The number of hydrogen-bond donors (Lipinski definition) is 0. The number of nitrogens with zero attached hydrogens (tertiary/aromatic N) is 2. The van der Waals surface area contributed by atoms with Gasteiger partial charge >= 0.3 is 5.97 Å². The summed E-state index contributed by atoms with van der Waals surface area (Å²) >= 11 is 0. The third-order valence-corrected chi connectivity index (χ3v) is 1.91. The molecule has 1 aromatic rings. The molecule has 0 amide bonds. The van der Waals surface area contributed by atoms with Gasteiger partial charge in [-0.05, 0) is 18.4 Å². The van der Waals surface area contributed by atoms with Crippen molar-refractivity contribution in [2.24, 2.45) is 5.92 Å². The molecule has 0 aliphatic rings. The Morgan fingerprint density at radius 3 is 2.87 bits per heavy atom. The van der Waals surface area contributed by atoms with Crippen molar-refractivity contribution in [1.29, 1.82) is 0 Å². The second kappa shape index (κ2) is 5.44. The van der Waals surface area contributed by atoms with E-state index in [2.05, 4.69) is 28.6 Å². The van der Waals surface area contributed by atoms with Gasteiger partial charge in [0, 0.05) is 11.9 Å². The number of aromatic nitrogens is 2. The van der Waals surface area contributed by atoms with Gasteiger partial charge in [0.05, 0.1) is 7.11 Å². The van der Waals surface area contributed by atoms with E-state index in [1.54, 1.807) is 6.20 Å². The minimum atomic E-state index is -0.309. The maximum atomic E-state index is 11.0. The van der Waals surface area contributed by atoms with E-state index in [9.17, 15) is 4.79 Å². The largest absolute Gasteiger partial charge is 0.469 e. The molecule has 0 unspecified atom stereocenters. The summed E-state index contributed by atoms with van der Waals surface area (Å²) in [4.78, 5) is 19.3. The summed E-state index contributed by atoms with van der Waals surface area (Å²) in [6.45, 7) is 4.25. The van der Waals surface area contributed by atoms with Gasteiger partial charge in [0.2, 0.25) is 0 Å². The highest BCUT2D eigenvalue weighted by atomic mass is 16.5. The van der Waals surface area contributed by atoms with Gasteiger partial charge in [-0.15, -0.1) is 0 Å². The second-order valence-corrected chi connectivity index (χ2v) is 3.82. The molecular formula is C11H16N2O2. The average molecular weight is 208 g/mol. The number of carbonyl (C=O) groups is 1. The molecule has 0 radical (unpaired) electrons. The Labute approximate surface area is 89.7 Å². The highest BCUT2D eigenvalue weighted by Crippen LogP contribution is 2.05. The van der Waals surface area contributed by atoms with Gasteiger partial charge in [-0.3, -0.25) is 4.79 Å². The van der Waals surface area contributed by atoms with E-state index < -0.39 is 0 Å². The Morgan fingerprint density at radius 2 is 2.27 bits per heavy atom. The summed E-state index contributed by atoms with van der Waals surface area (Å²) in [5, 5.41) is 0. The first-order chi connectivity index (χ1) is 7.11. The molecule has 4 nitrogen and oxygen atoms in total. The lowest BCUT2D eigenvalue weighted by atomic mass is 10.1. The zero-order chi connectivity index (χ0) is 11.3. The Hall–Kier alpha value is -1.45. The van der Waals surface area contributed by atoms with E-state index in [-0.39, 0.29) is 12.4 Å². The predicted molar refractivity (Wildman–Crippen MR) is 56.3 cm³/mol. The van der Waals surface area contributed by atoms with Crippen LogP contribution in [-0.4, -0.2) is 23.0 Å². The molecular weight excluding hydrogens is 192 g/mol. The van der Waals surface area contributed by atoms with Crippen LogP contribution < -0.4 is 0 Å². The molecule has 4 heteroatoms. The molecule has 1 aromatic heterocycles. The Morgan fingerprint density at radius 1 is 1.53 bits per heavy atom. The van der Waals surface area contributed by atoms with E-state index in [0.29, 0.717) is 11.7 Å². The van der Waals surface area contributed by atoms with Gasteiger partial charge in [-0.2, -0.15) is 0 Å². The van der Waals surface area contributed by atoms with Crippen LogP contribution in [0, 0.1) is 5.92 Å². The molecule has 1 heterocycles. The van der Waals surface area contributed by atoms with Gasteiger partial charge in [0.15, 0.2) is 0 Å². The third-order valence-electron chi connectivity index (χ3n) is 1.91. The summed E-state index contributed by atoms with van der Waals surface area (Å²) in [6.07, 6.45) is 2.72. The molecule has 0 spiro atoms. The molecule has 0 atom stereocenters. The fourth-order valence-electron chi connectivity index (χ4n) is 1.26. The molecule has 0 saturated heterocycles. The van der Waals surface area contributed by atoms with Crippen molar-refractivity contribution in [2.75, 3.05) is 7.11 Å². The summed E-state index contributed by atoms with van der Waals surface area (Å²) in [7, 11) is 1.36. The van der Waals surface area contributed by atoms with Crippen LogP contribution in [0.1, 0.15) is 25.4 Å². The monoisotopic (exact) mass is 208 g/mol. The standard InChI is InChI=1S/C11H16N2O2/c1-8(2)6-9-4-5-12-10(13-9)7-11(14)15-3/h4-5,8H,6-7H2,1-3H3. The van der Waals surface area contributed by atoms with Crippen molar-refractivity contribution < 1.29 is 9.53 Å². The van der Waals surface area contributed by atoms with Crippen LogP contribution in [0.3, 0.4) is 0 Å². The molecule has 0 N–H and O–H groups in total. The smallest absolute Gasteiger partial charge is 0.313 e.